The third-order valence-electron chi connectivity index (χ3n) is 4.21. The first-order chi connectivity index (χ1) is 12.3. The first-order valence-electron chi connectivity index (χ1n) is 8.40. The van der Waals surface area contributed by atoms with Gasteiger partial charge in [0.2, 0.25) is 0 Å². The van der Waals surface area contributed by atoms with Gasteiger partial charge in [0.15, 0.2) is 0 Å². The van der Waals surface area contributed by atoms with E-state index in [1.165, 1.54) is 0 Å². The second-order valence-electron chi connectivity index (χ2n) is 7.46. The van der Waals surface area contributed by atoms with Crippen LogP contribution in [0.1, 0.15) is 0 Å². The molecule has 1 aromatic carbocycles. The van der Waals surface area contributed by atoms with Gasteiger partial charge in [0.1, 0.15) is 12.5 Å². The maximum atomic E-state index is 13.1. The highest BCUT2D eigenvalue weighted by Gasteiger charge is 2.14. The van der Waals surface area contributed by atoms with Crippen molar-refractivity contribution in [3.63, 3.8) is 0 Å². The molecule has 138 valence electrons. The number of halogens is 1. The van der Waals surface area contributed by atoms with Crippen LogP contribution < -0.4 is 10.3 Å². The van der Waals surface area contributed by atoms with E-state index in [0.717, 1.165) is 26.8 Å². The fourth-order valence-electron chi connectivity index (χ4n) is 2.75. The molecule has 0 fully saturated rings. The van der Waals surface area contributed by atoms with Gasteiger partial charge in [-0.15, -0.1) is 0 Å². The summed E-state index contributed by atoms with van der Waals surface area (Å²) in [5.41, 5.74) is 0.651. The zero-order chi connectivity index (χ0) is 18.9. The standard InChI is InChI=1S/C18H22BrN3O2SSi/c1-26(2,3)9-8-24-11-22-7-6-13-16(18(22)23)14-10-12(19)4-5-15(14)20-17(13)21-25/h4-7,10,25H,8-9,11H2,1-3H3,(H,20,21). The number of benzene rings is 1. The van der Waals surface area contributed by atoms with Crippen LogP contribution in [0.25, 0.3) is 21.7 Å². The lowest BCUT2D eigenvalue weighted by molar-refractivity contribution is 0.0851. The number of hydrogen-bond acceptors (Lipinski definition) is 5. The van der Waals surface area contributed by atoms with Crippen LogP contribution in [-0.2, 0) is 11.5 Å². The molecule has 8 heteroatoms. The number of thiol groups is 1. The lowest BCUT2D eigenvalue weighted by atomic mass is 10.1. The molecule has 3 aromatic rings. The number of hydrogen-bond donors (Lipinski definition) is 2. The number of nitrogens with one attached hydrogen (secondary N) is 1. The molecule has 0 saturated carbocycles. The lowest BCUT2D eigenvalue weighted by Crippen LogP contribution is -2.24. The summed E-state index contributed by atoms with van der Waals surface area (Å²) >= 11 is 7.61. The van der Waals surface area contributed by atoms with Gasteiger partial charge in [-0.05, 0) is 30.3 Å². The van der Waals surface area contributed by atoms with Crippen molar-refractivity contribution < 1.29 is 4.74 Å². The Balaban J connectivity index is 2.05. The topological polar surface area (TPSA) is 56.1 Å². The molecule has 2 heterocycles. The van der Waals surface area contributed by atoms with Crippen molar-refractivity contribution >= 4 is 64.3 Å². The molecule has 0 spiro atoms. The second-order valence-corrected chi connectivity index (χ2v) is 14.2. The van der Waals surface area contributed by atoms with Gasteiger partial charge >= 0.3 is 0 Å². The van der Waals surface area contributed by atoms with E-state index < -0.39 is 8.07 Å². The molecule has 0 saturated heterocycles. The summed E-state index contributed by atoms with van der Waals surface area (Å²) in [5, 5.41) is 2.17. The van der Waals surface area contributed by atoms with Crippen LogP contribution in [0.2, 0.25) is 25.7 Å². The van der Waals surface area contributed by atoms with E-state index >= 15 is 0 Å². The minimum atomic E-state index is -1.15. The summed E-state index contributed by atoms with van der Waals surface area (Å²) in [6.07, 6.45) is 1.75. The number of rotatable bonds is 6. The Labute approximate surface area is 167 Å². The summed E-state index contributed by atoms with van der Waals surface area (Å²) in [7, 11) is -1.15. The average Bonchev–Trinajstić information content (AvgIpc) is 2.58. The number of nitrogens with zero attached hydrogens (tertiary/aromatic N) is 2. The fourth-order valence-corrected chi connectivity index (χ4v) is 4.04. The largest absolute Gasteiger partial charge is 0.361 e. The third kappa shape index (κ3) is 4.14. The van der Waals surface area contributed by atoms with E-state index in [9.17, 15) is 4.79 Å². The molecule has 0 radical (unpaired) electrons. The van der Waals surface area contributed by atoms with Crippen molar-refractivity contribution in [1.29, 1.82) is 0 Å². The van der Waals surface area contributed by atoms with E-state index in [1.54, 1.807) is 10.8 Å². The van der Waals surface area contributed by atoms with Crippen LogP contribution >= 0.6 is 28.7 Å². The van der Waals surface area contributed by atoms with Gasteiger partial charge in [-0.25, -0.2) is 4.98 Å². The van der Waals surface area contributed by atoms with Crippen molar-refractivity contribution in [2.24, 2.45) is 0 Å². The normalized spacial score (nSPS) is 12.0. The zero-order valence-corrected chi connectivity index (χ0v) is 18.5. The average molecular weight is 452 g/mol. The summed E-state index contributed by atoms with van der Waals surface area (Å²) < 4.78 is 11.1. The van der Waals surface area contributed by atoms with E-state index in [2.05, 4.69) is 58.1 Å². The van der Waals surface area contributed by atoms with Crippen LogP contribution in [-0.4, -0.2) is 24.2 Å². The second kappa shape index (κ2) is 7.72. The number of pyridine rings is 2. The van der Waals surface area contributed by atoms with Crippen molar-refractivity contribution in [2.45, 2.75) is 32.4 Å². The number of aromatic nitrogens is 2. The molecule has 0 atom stereocenters. The minimum absolute atomic E-state index is 0.0918. The highest BCUT2D eigenvalue weighted by atomic mass is 79.9. The maximum Gasteiger partial charge on any atom is 0.261 e. The van der Waals surface area contributed by atoms with Gasteiger partial charge in [0.25, 0.3) is 5.56 Å². The van der Waals surface area contributed by atoms with Crippen molar-refractivity contribution in [2.75, 3.05) is 11.3 Å². The van der Waals surface area contributed by atoms with Gasteiger partial charge in [0.05, 0.1) is 10.9 Å². The monoisotopic (exact) mass is 451 g/mol. The Hall–Kier alpha value is -1.35. The van der Waals surface area contributed by atoms with Crippen LogP contribution in [0.4, 0.5) is 5.82 Å². The van der Waals surface area contributed by atoms with Crippen LogP contribution in [0.15, 0.2) is 39.7 Å². The van der Waals surface area contributed by atoms with Crippen molar-refractivity contribution in [1.82, 2.24) is 9.55 Å². The fraction of sp³-hybridized carbons (Fsp3) is 0.333. The summed E-state index contributed by atoms with van der Waals surface area (Å²) in [5.74, 6) is 0.571. The molecule has 0 unspecified atom stereocenters. The molecule has 0 aliphatic carbocycles. The highest BCUT2D eigenvalue weighted by Crippen LogP contribution is 2.29. The molecule has 3 rings (SSSR count). The van der Waals surface area contributed by atoms with Gasteiger partial charge < -0.3 is 9.46 Å². The predicted molar refractivity (Wildman–Crippen MR) is 118 cm³/mol. The van der Waals surface area contributed by atoms with Crippen LogP contribution in [0.5, 0.6) is 0 Å². The molecule has 0 bridgehead atoms. The van der Waals surface area contributed by atoms with E-state index in [4.69, 9.17) is 4.74 Å². The van der Waals surface area contributed by atoms with Gasteiger partial charge in [-0.1, -0.05) is 48.4 Å². The quantitative estimate of drug-likeness (QED) is 0.242. The number of anilines is 1. The Morgan fingerprint density at radius 1 is 1.27 bits per heavy atom. The lowest BCUT2D eigenvalue weighted by Gasteiger charge is -2.16. The summed E-state index contributed by atoms with van der Waals surface area (Å²) in [6, 6.07) is 8.66. The van der Waals surface area contributed by atoms with Crippen LogP contribution in [0, 0.1) is 0 Å². The van der Waals surface area contributed by atoms with Crippen molar-refractivity contribution in [3.8, 4) is 0 Å². The molecule has 1 N–H and O–H groups in total. The molecule has 26 heavy (non-hydrogen) atoms. The molecule has 0 aliphatic rings. The van der Waals surface area contributed by atoms with Crippen molar-refractivity contribution in [3.05, 3.63) is 45.3 Å². The molecule has 0 amide bonds. The molecule has 2 aromatic heterocycles. The Morgan fingerprint density at radius 3 is 2.73 bits per heavy atom. The smallest absolute Gasteiger partial charge is 0.261 e. The van der Waals surface area contributed by atoms with Gasteiger partial charge in [-0.2, -0.15) is 0 Å². The molecule has 5 nitrogen and oxygen atoms in total. The Bertz CT molecular complexity index is 1020. The zero-order valence-electron chi connectivity index (χ0n) is 15.0. The molecular formula is C18H22BrN3O2SSi. The van der Waals surface area contributed by atoms with Gasteiger partial charge in [-0.3, -0.25) is 9.36 Å². The Kier molecular flexibility index (Phi) is 5.76. The molecular weight excluding hydrogens is 430 g/mol. The number of ether oxygens (including phenoxy) is 1. The highest BCUT2D eigenvalue weighted by molar-refractivity contribution is 9.10. The maximum absolute atomic E-state index is 13.1. The van der Waals surface area contributed by atoms with E-state index in [-0.39, 0.29) is 12.3 Å². The number of fused-ring (bicyclic) bond motifs is 3. The minimum Gasteiger partial charge on any atom is -0.361 e. The van der Waals surface area contributed by atoms with Gasteiger partial charge in [0, 0.05) is 36.1 Å². The van der Waals surface area contributed by atoms with E-state index in [0.29, 0.717) is 17.8 Å². The predicted octanol–water partition coefficient (Wildman–Crippen LogP) is 4.88. The molecule has 0 aliphatic heterocycles. The Morgan fingerprint density at radius 2 is 2.04 bits per heavy atom. The van der Waals surface area contributed by atoms with E-state index in [1.807, 2.05) is 24.3 Å². The summed E-state index contributed by atoms with van der Waals surface area (Å²) in [6.45, 7) is 7.84. The SMILES string of the molecule is C[Si](C)(C)CCOCn1ccc2c(NS)nc3ccc(Br)cc3c2c1=O. The first kappa shape index (κ1) is 19.4. The first-order valence-corrected chi connectivity index (χ1v) is 13.4. The summed E-state index contributed by atoms with van der Waals surface area (Å²) in [4.78, 5) is 17.7. The third-order valence-corrected chi connectivity index (χ3v) is 6.62. The van der Waals surface area contributed by atoms with Crippen LogP contribution in [0.3, 0.4) is 0 Å².